The summed E-state index contributed by atoms with van der Waals surface area (Å²) in [5.74, 6) is 0. The molecule has 0 bridgehead atoms. The van der Waals surface area contributed by atoms with Crippen molar-refractivity contribution in [3.05, 3.63) is 29.4 Å². The van der Waals surface area contributed by atoms with E-state index in [-0.39, 0.29) is 0 Å². The average Bonchev–Trinajstić information content (AvgIpc) is 2.18. The van der Waals surface area contributed by atoms with E-state index in [0.29, 0.717) is 10.7 Å². The lowest BCUT2D eigenvalue weighted by Crippen LogP contribution is -2.26. The van der Waals surface area contributed by atoms with Crippen molar-refractivity contribution >= 4 is 11.7 Å². The highest BCUT2D eigenvalue weighted by molar-refractivity contribution is 5.88. The first-order valence-corrected chi connectivity index (χ1v) is 3.52. The Labute approximate surface area is 74.5 Å². The zero-order chi connectivity index (χ0) is 9.68. The number of anilines is 1. The van der Waals surface area contributed by atoms with Gasteiger partial charge >= 0.3 is 6.03 Å². The molecule has 68 valence electrons. The van der Waals surface area contributed by atoms with Crippen molar-refractivity contribution in [2.45, 2.75) is 0 Å². The van der Waals surface area contributed by atoms with Crippen LogP contribution >= 0.6 is 0 Å². The smallest absolute Gasteiger partial charge is 0.306 e. The first-order chi connectivity index (χ1) is 6.24. The predicted octanol–water partition coefficient (Wildman–Crippen LogP) is 1.23. The number of hydrogen-bond acceptors (Lipinski definition) is 4. The molecule has 6 nitrogen and oxygen atoms in total. The van der Waals surface area contributed by atoms with E-state index in [2.05, 4.69) is 15.6 Å². The van der Waals surface area contributed by atoms with Crippen LogP contribution in [0.3, 0.4) is 0 Å². The molecule has 6 heteroatoms. The van der Waals surface area contributed by atoms with Crippen LogP contribution in [0.25, 0.3) is 0 Å². The van der Waals surface area contributed by atoms with Crippen molar-refractivity contribution in [2.75, 3.05) is 12.4 Å². The average molecular weight is 180 g/mol. The van der Waals surface area contributed by atoms with Crippen LogP contribution in [0.15, 0.2) is 29.8 Å². The Balaban J connectivity index is 2.60. The van der Waals surface area contributed by atoms with Crippen LogP contribution in [0.2, 0.25) is 0 Å². The van der Waals surface area contributed by atoms with Crippen LogP contribution in [0.1, 0.15) is 0 Å². The molecule has 0 aliphatic heterocycles. The van der Waals surface area contributed by atoms with Crippen molar-refractivity contribution in [3.8, 4) is 0 Å². The summed E-state index contributed by atoms with van der Waals surface area (Å²) in [6.45, 7) is 0. The Hall–Kier alpha value is -1.98. The summed E-state index contributed by atoms with van der Waals surface area (Å²) in [5, 5.41) is 5.55. The molecule has 0 fully saturated rings. The normalized spacial score (nSPS) is 9.00. The van der Waals surface area contributed by atoms with E-state index in [9.17, 15) is 9.70 Å². The van der Waals surface area contributed by atoms with Crippen molar-refractivity contribution in [1.29, 1.82) is 0 Å². The maximum atomic E-state index is 11.0. The zero-order valence-electron chi connectivity index (χ0n) is 6.97. The molecule has 0 aliphatic rings. The van der Waals surface area contributed by atoms with Gasteiger partial charge in [0.25, 0.3) is 0 Å². The molecule has 0 spiro atoms. The molecule has 0 aromatic carbocycles. The van der Waals surface area contributed by atoms with Gasteiger partial charge in [0.2, 0.25) is 0 Å². The van der Waals surface area contributed by atoms with Gasteiger partial charge in [0.15, 0.2) is 0 Å². The second-order valence-electron chi connectivity index (χ2n) is 2.27. The number of carbonyl (C=O) groups excluding carboxylic acids is 1. The fourth-order valence-electron chi connectivity index (χ4n) is 0.677. The quantitative estimate of drug-likeness (QED) is 0.549. The molecule has 1 rings (SSSR count). The first-order valence-electron chi connectivity index (χ1n) is 3.52. The number of carbonyl (C=O) groups is 1. The minimum Gasteiger partial charge on any atom is -0.306 e. The first kappa shape index (κ1) is 9.11. The molecule has 0 saturated carbocycles. The predicted molar refractivity (Wildman–Crippen MR) is 46.8 cm³/mol. The Morgan fingerprint density at radius 2 is 2.15 bits per heavy atom. The molecule has 0 atom stereocenters. The maximum absolute atomic E-state index is 11.0. The third kappa shape index (κ3) is 2.51. The Kier molecular flexibility index (Phi) is 2.91. The number of hydrogen-bond donors (Lipinski definition) is 1. The number of rotatable bonds is 2. The fourth-order valence-corrected chi connectivity index (χ4v) is 0.677. The fraction of sp³-hybridized carbons (Fsp3) is 0.143. The molecule has 0 radical (unpaired) electrons. The minimum absolute atomic E-state index is 0.565. The van der Waals surface area contributed by atoms with Gasteiger partial charge in [0.05, 0.1) is 5.29 Å². The number of aromatic nitrogens is 1. The van der Waals surface area contributed by atoms with Gasteiger partial charge in [-0.2, -0.15) is 5.01 Å². The molecule has 2 amide bonds. The molecule has 0 aliphatic carbocycles. The van der Waals surface area contributed by atoms with Crippen molar-refractivity contribution in [3.63, 3.8) is 0 Å². The van der Waals surface area contributed by atoms with Crippen molar-refractivity contribution in [1.82, 2.24) is 9.99 Å². The van der Waals surface area contributed by atoms with Crippen LogP contribution < -0.4 is 5.32 Å². The van der Waals surface area contributed by atoms with Crippen LogP contribution in [-0.2, 0) is 0 Å². The van der Waals surface area contributed by atoms with E-state index >= 15 is 0 Å². The van der Waals surface area contributed by atoms with E-state index in [0.717, 1.165) is 0 Å². The number of pyridine rings is 1. The van der Waals surface area contributed by atoms with Gasteiger partial charge < -0.3 is 5.32 Å². The number of nitrogens with zero attached hydrogens (tertiary/aromatic N) is 3. The lowest BCUT2D eigenvalue weighted by atomic mass is 10.4. The molecule has 1 heterocycles. The van der Waals surface area contributed by atoms with E-state index in [4.69, 9.17) is 0 Å². The van der Waals surface area contributed by atoms with E-state index in [1.807, 2.05) is 0 Å². The Morgan fingerprint density at radius 1 is 1.54 bits per heavy atom. The van der Waals surface area contributed by atoms with Crippen LogP contribution in [0, 0.1) is 4.91 Å². The number of nitrogens with one attached hydrogen (secondary N) is 1. The highest BCUT2D eigenvalue weighted by Crippen LogP contribution is 2.03. The Morgan fingerprint density at radius 3 is 2.69 bits per heavy atom. The number of nitroso groups, excluding NO2 is 1. The van der Waals surface area contributed by atoms with Gasteiger partial charge in [-0.1, -0.05) is 0 Å². The van der Waals surface area contributed by atoms with Crippen LogP contribution in [0.4, 0.5) is 10.5 Å². The van der Waals surface area contributed by atoms with Crippen LogP contribution in [0.5, 0.6) is 0 Å². The van der Waals surface area contributed by atoms with E-state index in [1.54, 1.807) is 12.1 Å². The summed E-state index contributed by atoms with van der Waals surface area (Å²) < 4.78 is 0. The van der Waals surface area contributed by atoms with E-state index in [1.165, 1.54) is 19.4 Å². The largest absolute Gasteiger partial charge is 0.344 e. The highest BCUT2D eigenvalue weighted by atomic mass is 16.3. The van der Waals surface area contributed by atoms with Gasteiger partial charge in [0.1, 0.15) is 0 Å². The van der Waals surface area contributed by atoms with Gasteiger partial charge in [-0.15, -0.1) is 4.91 Å². The maximum Gasteiger partial charge on any atom is 0.344 e. The SMILES string of the molecule is CN(N=O)C(=O)Nc1ccncc1. The summed E-state index contributed by atoms with van der Waals surface area (Å²) in [6.07, 6.45) is 3.06. The summed E-state index contributed by atoms with van der Waals surface area (Å²) in [4.78, 5) is 24.8. The second kappa shape index (κ2) is 4.15. The third-order valence-corrected chi connectivity index (χ3v) is 1.35. The number of amides is 2. The highest BCUT2D eigenvalue weighted by Gasteiger charge is 2.07. The molecule has 1 aromatic rings. The molecule has 13 heavy (non-hydrogen) atoms. The summed E-state index contributed by atoms with van der Waals surface area (Å²) in [7, 11) is 1.27. The molecule has 1 aromatic heterocycles. The molecular formula is C7H8N4O2. The van der Waals surface area contributed by atoms with Gasteiger partial charge in [-0.3, -0.25) is 4.98 Å². The van der Waals surface area contributed by atoms with Gasteiger partial charge in [0, 0.05) is 25.1 Å². The summed E-state index contributed by atoms with van der Waals surface area (Å²) in [6, 6.07) is 2.63. The van der Waals surface area contributed by atoms with Crippen LogP contribution in [-0.4, -0.2) is 23.1 Å². The summed E-state index contributed by atoms with van der Waals surface area (Å²) in [5.41, 5.74) is 0.565. The second-order valence-corrected chi connectivity index (χ2v) is 2.27. The minimum atomic E-state index is -0.582. The third-order valence-electron chi connectivity index (χ3n) is 1.35. The lowest BCUT2D eigenvalue weighted by molar-refractivity contribution is 0.224. The zero-order valence-corrected chi connectivity index (χ0v) is 6.97. The number of urea groups is 1. The summed E-state index contributed by atoms with van der Waals surface area (Å²) >= 11 is 0. The molecular weight excluding hydrogens is 172 g/mol. The monoisotopic (exact) mass is 180 g/mol. The van der Waals surface area contributed by atoms with E-state index < -0.39 is 6.03 Å². The lowest BCUT2D eigenvalue weighted by Gasteiger charge is -2.07. The molecule has 0 saturated heterocycles. The molecule has 0 unspecified atom stereocenters. The topological polar surface area (TPSA) is 74.7 Å². The Bertz CT molecular complexity index is 301. The van der Waals surface area contributed by atoms with Gasteiger partial charge in [-0.05, 0) is 12.1 Å². The van der Waals surface area contributed by atoms with Crippen molar-refractivity contribution < 1.29 is 4.79 Å². The van der Waals surface area contributed by atoms with Crippen molar-refractivity contribution in [2.24, 2.45) is 5.29 Å². The molecule has 1 N–H and O–H groups in total. The standard InChI is InChI=1S/C7H8N4O2/c1-11(10-13)7(12)9-6-2-4-8-5-3-6/h2-5H,1H3,(H,8,9,12). The van der Waals surface area contributed by atoms with Gasteiger partial charge in [-0.25, -0.2) is 4.79 Å².